The summed E-state index contributed by atoms with van der Waals surface area (Å²) in [5.41, 5.74) is 0.811. The fourth-order valence-corrected chi connectivity index (χ4v) is 3.74. The first-order valence-electron chi connectivity index (χ1n) is 5.60. The molecular weight excluding hydrogens is 394 g/mol. The number of benzene rings is 1. The highest BCUT2D eigenvalue weighted by molar-refractivity contribution is 9.10. The van der Waals surface area contributed by atoms with Gasteiger partial charge in [0.25, 0.3) is 5.91 Å². The van der Waals surface area contributed by atoms with Crippen LogP contribution in [0.3, 0.4) is 0 Å². The maximum Gasteiger partial charge on any atom is 0.265 e. The molecule has 1 aliphatic heterocycles. The zero-order chi connectivity index (χ0) is 13.4. The third-order valence-corrected chi connectivity index (χ3v) is 5.26. The zero-order valence-corrected chi connectivity index (χ0v) is 13.7. The van der Waals surface area contributed by atoms with Gasteiger partial charge in [-0.1, -0.05) is 15.9 Å². The molecule has 0 saturated carbocycles. The van der Waals surface area contributed by atoms with Crippen molar-refractivity contribution in [2.75, 3.05) is 11.5 Å². The van der Waals surface area contributed by atoms with Gasteiger partial charge in [-0.3, -0.25) is 4.79 Å². The number of hydrogen-bond acceptors (Lipinski definition) is 3. The maximum absolute atomic E-state index is 12.1. The van der Waals surface area contributed by atoms with E-state index in [2.05, 4.69) is 31.9 Å². The van der Waals surface area contributed by atoms with Crippen molar-refractivity contribution in [2.24, 2.45) is 0 Å². The standard InChI is InChI=1S/C13H9Br2NO2S/c14-8-1-2-11-10(5-8)16(13(17)7-18-11)6-12-9(15)3-4-19-12/h1-5H,6-7H2. The average molecular weight is 403 g/mol. The Morgan fingerprint density at radius 1 is 1.32 bits per heavy atom. The van der Waals surface area contributed by atoms with E-state index in [-0.39, 0.29) is 12.5 Å². The SMILES string of the molecule is O=C1COc2ccc(Br)cc2N1Cc1sccc1Br. The van der Waals surface area contributed by atoms with Crippen LogP contribution in [0.1, 0.15) is 4.88 Å². The minimum absolute atomic E-state index is 0.0223. The van der Waals surface area contributed by atoms with Gasteiger partial charge in [-0.25, -0.2) is 0 Å². The minimum Gasteiger partial charge on any atom is -0.482 e. The first-order valence-corrected chi connectivity index (χ1v) is 8.06. The lowest BCUT2D eigenvalue weighted by Crippen LogP contribution is -2.38. The Labute approximate surface area is 131 Å². The van der Waals surface area contributed by atoms with Crippen LogP contribution in [0.2, 0.25) is 0 Å². The molecule has 0 bridgehead atoms. The Morgan fingerprint density at radius 2 is 2.16 bits per heavy atom. The Bertz CT molecular complexity index is 641. The monoisotopic (exact) mass is 401 g/mol. The number of thiophene rings is 1. The Hall–Kier alpha value is -0.850. The van der Waals surface area contributed by atoms with Crippen LogP contribution < -0.4 is 9.64 Å². The van der Waals surface area contributed by atoms with Crippen LogP contribution in [0.25, 0.3) is 0 Å². The molecule has 1 amide bonds. The average Bonchev–Trinajstić information content (AvgIpc) is 2.79. The maximum atomic E-state index is 12.1. The number of carbonyl (C=O) groups excluding carboxylic acids is 1. The first kappa shape index (κ1) is 13.1. The van der Waals surface area contributed by atoms with Crippen molar-refractivity contribution in [1.29, 1.82) is 0 Å². The van der Waals surface area contributed by atoms with E-state index in [1.54, 1.807) is 16.2 Å². The number of anilines is 1. The Balaban J connectivity index is 1.99. The van der Waals surface area contributed by atoms with Crippen LogP contribution >= 0.6 is 43.2 Å². The number of nitrogens with zero attached hydrogens (tertiary/aromatic N) is 1. The van der Waals surface area contributed by atoms with Crippen LogP contribution in [0, 0.1) is 0 Å². The molecule has 1 aromatic heterocycles. The van der Waals surface area contributed by atoms with Gasteiger partial charge in [-0.2, -0.15) is 0 Å². The number of hydrogen-bond donors (Lipinski definition) is 0. The topological polar surface area (TPSA) is 29.5 Å². The van der Waals surface area contributed by atoms with Crippen molar-refractivity contribution in [3.63, 3.8) is 0 Å². The second-order valence-electron chi connectivity index (χ2n) is 4.07. The van der Waals surface area contributed by atoms with E-state index >= 15 is 0 Å². The summed E-state index contributed by atoms with van der Waals surface area (Å²) in [6.45, 7) is 0.654. The van der Waals surface area contributed by atoms with Gasteiger partial charge in [-0.15, -0.1) is 11.3 Å². The van der Waals surface area contributed by atoms with E-state index in [1.165, 1.54) is 0 Å². The van der Waals surface area contributed by atoms with Gasteiger partial charge in [0.1, 0.15) is 5.75 Å². The summed E-state index contributed by atoms with van der Waals surface area (Å²) in [6, 6.07) is 7.69. The molecule has 0 fully saturated rings. The Morgan fingerprint density at radius 3 is 2.89 bits per heavy atom. The van der Waals surface area contributed by atoms with E-state index in [0.717, 1.165) is 25.3 Å². The summed E-state index contributed by atoms with van der Waals surface area (Å²) >= 11 is 8.56. The first-order chi connectivity index (χ1) is 9.15. The molecule has 6 heteroatoms. The lowest BCUT2D eigenvalue weighted by Gasteiger charge is -2.29. The molecule has 0 N–H and O–H groups in total. The van der Waals surface area contributed by atoms with Gasteiger partial charge in [0.15, 0.2) is 6.61 Å². The zero-order valence-electron chi connectivity index (χ0n) is 9.73. The van der Waals surface area contributed by atoms with Crippen molar-refractivity contribution in [1.82, 2.24) is 0 Å². The quantitative estimate of drug-likeness (QED) is 0.753. The fourth-order valence-electron chi connectivity index (χ4n) is 1.93. The third-order valence-electron chi connectivity index (χ3n) is 2.86. The second kappa shape index (κ2) is 5.26. The van der Waals surface area contributed by atoms with Crippen molar-refractivity contribution in [2.45, 2.75) is 6.54 Å². The smallest absolute Gasteiger partial charge is 0.265 e. The lowest BCUT2D eigenvalue weighted by molar-refractivity contribution is -0.121. The molecule has 3 rings (SSSR count). The van der Waals surface area contributed by atoms with Crippen molar-refractivity contribution in [3.05, 3.63) is 43.5 Å². The molecular formula is C13H9Br2NO2S. The van der Waals surface area contributed by atoms with Gasteiger partial charge in [0.05, 0.1) is 12.2 Å². The molecule has 0 radical (unpaired) electrons. The van der Waals surface area contributed by atoms with Crippen LogP contribution in [-0.4, -0.2) is 12.5 Å². The second-order valence-corrected chi connectivity index (χ2v) is 6.84. The lowest BCUT2D eigenvalue weighted by atomic mass is 10.2. The minimum atomic E-state index is -0.0223. The molecule has 3 nitrogen and oxygen atoms in total. The number of fused-ring (bicyclic) bond motifs is 1. The molecule has 0 saturated heterocycles. The summed E-state index contributed by atoms with van der Waals surface area (Å²) in [5, 5.41) is 2.01. The largest absolute Gasteiger partial charge is 0.482 e. The van der Waals surface area contributed by atoms with Gasteiger partial charge in [0.2, 0.25) is 0 Å². The van der Waals surface area contributed by atoms with Crippen LogP contribution in [0.15, 0.2) is 38.6 Å². The summed E-state index contributed by atoms with van der Waals surface area (Å²) in [4.78, 5) is 15.0. The number of amides is 1. The predicted octanol–water partition coefficient (Wildman–Crippen LogP) is 4.20. The number of carbonyl (C=O) groups is 1. The van der Waals surface area contributed by atoms with Gasteiger partial charge < -0.3 is 9.64 Å². The summed E-state index contributed by atoms with van der Waals surface area (Å²) < 4.78 is 7.42. The van der Waals surface area contributed by atoms with E-state index in [0.29, 0.717) is 6.54 Å². The highest BCUT2D eigenvalue weighted by Gasteiger charge is 2.26. The van der Waals surface area contributed by atoms with Gasteiger partial charge >= 0.3 is 0 Å². The molecule has 2 heterocycles. The van der Waals surface area contributed by atoms with E-state index in [1.807, 2.05) is 29.6 Å². The highest BCUT2D eigenvalue weighted by Crippen LogP contribution is 2.36. The summed E-state index contributed by atoms with van der Waals surface area (Å²) in [6.07, 6.45) is 0. The third kappa shape index (κ3) is 2.57. The number of ether oxygens (including phenoxy) is 1. The van der Waals surface area contributed by atoms with Crippen molar-refractivity contribution >= 4 is 54.8 Å². The van der Waals surface area contributed by atoms with Crippen LogP contribution in [-0.2, 0) is 11.3 Å². The molecule has 2 aromatic rings. The normalized spacial score (nSPS) is 14.2. The predicted molar refractivity (Wildman–Crippen MR) is 82.8 cm³/mol. The highest BCUT2D eigenvalue weighted by atomic mass is 79.9. The summed E-state index contributed by atoms with van der Waals surface area (Å²) in [7, 11) is 0. The van der Waals surface area contributed by atoms with E-state index < -0.39 is 0 Å². The molecule has 1 aromatic carbocycles. The van der Waals surface area contributed by atoms with E-state index in [9.17, 15) is 4.79 Å². The fraction of sp³-hybridized carbons (Fsp3) is 0.154. The van der Waals surface area contributed by atoms with Crippen molar-refractivity contribution in [3.8, 4) is 5.75 Å². The molecule has 0 atom stereocenters. The number of rotatable bonds is 2. The molecule has 0 unspecified atom stereocenters. The van der Waals surface area contributed by atoms with E-state index in [4.69, 9.17) is 4.74 Å². The molecule has 0 aliphatic carbocycles. The van der Waals surface area contributed by atoms with Crippen molar-refractivity contribution < 1.29 is 9.53 Å². The molecule has 0 spiro atoms. The molecule has 19 heavy (non-hydrogen) atoms. The summed E-state index contributed by atoms with van der Waals surface area (Å²) in [5.74, 6) is 0.723. The van der Waals surface area contributed by atoms with Crippen LogP contribution in [0.5, 0.6) is 5.75 Å². The van der Waals surface area contributed by atoms with Gasteiger partial charge in [-0.05, 0) is 45.6 Å². The molecule has 98 valence electrons. The molecule has 1 aliphatic rings. The van der Waals surface area contributed by atoms with Crippen LogP contribution in [0.4, 0.5) is 5.69 Å². The Kier molecular flexibility index (Phi) is 3.64. The number of halogens is 2. The van der Waals surface area contributed by atoms with Gasteiger partial charge in [0, 0.05) is 13.8 Å².